The van der Waals surface area contributed by atoms with Gasteiger partial charge >= 0.3 is 0 Å². The van der Waals surface area contributed by atoms with E-state index in [1.54, 1.807) is 12.4 Å². The minimum absolute atomic E-state index is 0.645. The number of hydrazone groups is 1. The number of hydrogen-bond acceptors (Lipinski definition) is 4. The van der Waals surface area contributed by atoms with Crippen molar-refractivity contribution < 1.29 is 0 Å². The molecule has 0 amide bonds. The van der Waals surface area contributed by atoms with Crippen molar-refractivity contribution in [3.63, 3.8) is 0 Å². The number of benzene rings is 2. The quantitative estimate of drug-likeness (QED) is 0.587. The number of aromatic nitrogens is 2. The highest BCUT2D eigenvalue weighted by atomic mass is 79.9. The van der Waals surface area contributed by atoms with Crippen LogP contribution in [0.25, 0.3) is 10.8 Å². The molecule has 0 atom stereocenters. The third kappa shape index (κ3) is 2.67. The van der Waals surface area contributed by atoms with Crippen LogP contribution in [0.3, 0.4) is 0 Å². The van der Waals surface area contributed by atoms with Gasteiger partial charge < -0.3 is 0 Å². The van der Waals surface area contributed by atoms with Crippen LogP contribution < -0.4 is 5.43 Å². The zero-order valence-corrected chi connectivity index (χ0v) is 12.1. The molecule has 1 heterocycles. The first-order chi connectivity index (χ1) is 9.84. The second-order valence-corrected chi connectivity index (χ2v) is 5.03. The molecule has 3 rings (SSSR count). The SMILES string of the molecule is Brc1ccccc1/C=N/Nc1nncc2ccccc12. The molecule has 0 saturated carbocycles. The molecule has 0 unspecified atom stereocenters. The van der Waals surface area contributed by atoms with E-state index in [4.69, 9.17) is 0 Å². The lowest BCUT2D eigenvalue weighted by atomic mass is 10.2. The lowest BCUT2D eigenvalue weighted by Crippen LogP contribution is -1.96. The normalized spacial score (nSPS) is 11.1. The highest BCUT2D eigenvalue weighted by Crippen LogP contribution is 2.19. The fourth-order valence-electron chi connectivity index (χ4n) is 1.85. The van der Waals surface area contributed by atoms with Crippen LogP contribution >= 0.6 is 15.9 Å². The van der Waals surface area contributed by atoms with Gasteiger partial charge in [0.25, 0.3) is 0 Å². The Morgan fingerprint density at radius 1 is 1.05 bits per heavy atom. The highest BCUT2D eigenvalue weighted by Gasteiger charge is 2.01. The summed E-state index contributed by atoms with van der Waals surface area (Å²) in [5.74, 6) is 0.645. The molecule has 0 aliphatic carbocycles. The van der Waals surface area contributed by atoms with Crippen LogP contribution in [0.1, 0.15) is 5.56 Å². The lowest BCUT2D eigenvalue weighted by molar-refractivity contribution is 1.04. The third-order valence-electron chi connectivity index (χ3n) is 2.85. The molecule has 3 aromatic rings. The molecule has 0 spiro atoms. The van der Waals surface area contributed by atoms with Gasteiger partial charge in [0.15, 0.2) is 5.82 Å². The molecular weight excluding hydrogens is 316 g/mol. The van der Waals surface area contributed by atoms with Crippen molar-refractivity contribution in [1.82, 2.24) is 10.2 Å². The Morgan fingerprint density at radius 3 is 2.75 bits per heavy atom. The van der Waals surface area contributed by atoms with E-state index in [2.05, 4.69) is 36.7 Å². The molecule has 20 heavy (non-hydrogen) atoms. The molecule has 98 valence electrons. The van der Waals surface area contributed by atoms with Crippen LogP contribution in [0, 0.1) is 0 Å². The zero-order valence-electron chi connectivity index (χ0n) is 10.5. The third-order valence-corrected chi connectivity index (χ3v) is 3.57. The van der Waals surface area contributed by atoms with Crippen LogP contribution in [-0.2, 0) is 0 Å². The lowest BCUT2D eigenvalue weighted by Gasteiger charge is -2.03. The largest absolute Gasteiger partial charge is 0.259 e. The summed E-state index contributed by atoms with van der Waals surface area (Å²) in [4.78, 5) is 0. The van der Waals surface area contributed by atoms with E-state index in [0.29, 0.717) is 5.82 Å². The average molecular weight is 327 g/mol. The van der Waals surface area contributed by atoms with Crippen LogP contribution in [-0.4, -0.2) is 16.4 Å². The van der Waals surface area contributed by atoms with E-state index < -0.39 is 0 Å². The Labute approximate surface area is 124 Å². The second-order valence-electron chi connectivity index (χ2n) is 4.17. The maximum atomic E-state index is 4.22. The molecule has 0 aliphatic heterocycles. The fourth-order valence-corrected chi connectivity index (χ4v) is 2.24. The Kier molecular flexibility index (Phi) is 3.69. The maximum absolute atomic E-state index is 4.22. The summed E-state index contributed by atoms with van der Waals surface area (Å²) in [7, 11) is 0. The van der Waals surface area contributed by atoms with Gasteiger partial charge in [0, 0.05) is 20.8 Å². The standard InChI is InChI=1S/C15H11BrN4/c16-14-8-4-2-6-12(14)10-18-20-15-13-7-3-1-5-11(13)9-17-19-15/h1-10H,(H,19,20)/b18-10+. The minimum Gasteiger partial charge on any atom is -0.259 e. The summed E-state index contributed by atoms with van der Waals surface area (Å²) in [6, 6.07) is 15.8. The summed E-state index contributed by atoms with van der Waals surface area (Å²) < 4.78 is 0.995. The first-order valence-corrected chi connectivity index (χ1v) is 6.88. The number of hydrogen-bond donors (Lipinski definition) is 1. The van der Waals surface area contributed by atoms with Gasteiger partial charge in [-0.2, -0.15) is 10.2 Å². The summed E-state index contributed by atoms with van der Waals surface area (Å²) in [6.45, 7) is 0. The van der Waals surface area contributed by atoms with Gasteiger partial charge in [-0.1, -0.05) is 58.4 Å². The van der Waals surface area contributed by atoms with Gasteiger partial charge in [-0.05, 0) is 6.07 Å². The zero-order chi connectivity index (χ0) is 13.8. The maximum Gasteiger partial charge on any atom is 0.176 e. The van der Waals surface area contributed by atoms with Crippen molar-refractivity contribution in [3.05, 3.63) is 64.8 Å². The van der Waals surface area contributed by atoms with Crippen molar-refractivity contribution >= 4 is 38.7 Å². The van der Waals surface area contributed by atoms with E-state index >= 15 is 0 Å². The molecule has 2 aromatic carbocycles. The van der Waals surface area contributed by atoms with Crippen molar-refractivity contribution in [2.45, 2.75) is 0 Å². The molecule has 1 aromatic heterocycles. The van der Waals surface area contributed by atoms with Crippen molar-refractivity contribution in [2.75, 3.05) is 5.43 Å². The second kappa shape index (κ2) is 5.79. The van der Waals surface area contributed by atoms with Crippen LogP contribution in [0.2, 0.25) is 0 Å². The van der Waals surface area contributed by atoms with Crippen molar-refractivity contribution in [3.8, 4) is 0 Å². The molecule has 4 nitrogen and oxygen atoms in total. The summed E-state index contributed by atoms with van der Waals surface area (Å²) in [6.07, 6.45) is 3.48. The van der Waals surface area contributed by atoms with Gasteiger partial charge in [-0.15, -0.1) is 5.10 Å². The van der Waals surface area contributed by atoms with E-state index in [-0.39, 0.29) is 0 Å². The number of rotatable bonds is 3. The van der Waals surface area contributed by atoms with Gasteiger partial charge in [-0.25, -0.2) is 0 Å². The molecule has 0 aliphatic rings. The Bertz CT molecular complexity index is 765. The summed E-state index contributed by atoms with van der Waals surface area (Å²) in [5.41, 5.74) is 3.93. The summed E-state index contributed by atoms with van der Waals surface area (Å²) >= 11 is 3.48. The highest BCUT2D eigenvalue weighted by molar-refractivity contribution is 9.10. The van der Waals surface area contributed by atoms with Gasteiger partial charge in [0.05, 0.1) is 12.4 Å². The van der Waals surface area contributed by atoms with Crippen LogP contribution in [0.15, 0.2) is 64.3 Å². The van der Waals surface area contributed by atoms with Crippen molar-refractivity contribution in [1.29, 1.82) is 0 Å². The van der Waals surface area contributed by atoms with Gasteiger partial charge in [-0.3, -0.25) is 5.43 Å². The predicted molar refractivity (Wildman–Crippen MR) is 84.9 cm³/mol. The minimum atomic E-state index is 0.645. The van der Waals surface area contributed by atoms with Crippen LogP contribution in [0.5, 0.6) is 0 Å². The number of anilines is 1. The number of halogens is 1. The first kappa shape index (κ1) is 12.7. The van der Waals surface area contributed by atoms with E-state index in [1.807, 2.05) is 48.5 Å². The first-order valence-electron chi connectivity index (χ1n) is 6.08. The monoisotopic (exact) mass is 326 g/mol. The van der Waals surface area contributed by atoms with Gasteiger partial charge in [0.2, 0.25) is 0 Å². The molecule has 0 radical (unpaired) electrons. The Balaban J connectivity index is 1.86. The molecule has 0 bridgehead atoms. The smallest absolute Gasteiger partial charge is 0.176 e. The molecule has 0 saturated heterocycles. The molecular formula is C15H11BrN4. The molecule has 0 fully saturated rings. The fraction of sp³-hybridized carbons (Fsp3) is 0. The average Bonchev–Trinajstić information content (AvgIpc) is 2.49. The predicted octanol–water partition coefficient (Wildman–Crippen LogP) is 3.84. The van der Waals surface area contributed by atoms with Gasteiger partial charge in [0.1, 0.15) is 0 Å². The van der Waals surface area contributed by atoms with E-state index in [9.17, 15) is 0 Å². The van der Waals surface area contributed by atoms with E-state index in [0.717, 1.165) is 20.8 Å². The Hall–Kier alpha value is -2.27. The Morgan fingerprint density at radius 2 is 1.85 bits per heavy atom. The number of fused-ring (bicyclic) bond motifs is 1. The van der Waals surface area contributed by atoms with Crippen LogP contribution in [0.4, 0.5) is 5.82 Å². The topological polar surface area (TPSA) is 50.2 Å². The molecule has 5 heteroatoms. The number of nitrogens with zero attached hydrogens (tertiary/aromatic N) is 3. The summed E-state index contributed by atoms with van der Waals surface area (Å²) in [5, 5.41) is 14.3. The molecule has 1 N–H and O–H groups in total. The number of nitrogens with one attached hydrogen (secondary N) is 1. The van der Waals surface area contributed by atoms with Crippen molar-refractivity contribution in [2.24, 2.45) is 5.10 Å². The van der Waals surface area contributed by atoms with E-state index in [1.165, 1.54) is 0 Å².